The summed E-state index contributed by atoms with van der Waals surface area (Å²) in [4.78, 5) is 17.0. The maximum absolute atomic E-state index is 12.4. The molecule has 5 heteroatoms. The molecule has 5 nitrogen and oxygen atoms in total. The third-order valence-corrected chi connectivity index (χ3v) is 3.64. The standard InChI is InChI=1S/C13H18N4O/c1-4-10-8(3)12-15-17(9-6-7-9)13(18)16(12)11(5-2)14-10/h9H,4-7H2,1-3H3. The highest BCUT2D eigenvalue weighted by atomic mass is 16.2. The lowest BCUT2D eigenvalue weighted by molar-refractivity contribution is 0.613. The molecule has 2 aromatic rings. The van der Waals surface area contributed by atoms with Gasteiger partial charge in [-0.15, -0.1) is 5.10 Å². The van der Waals surface area contributed by atoms with Gasteiger partial charge in [-0.3, -0.25) is 0 Å². The molecular formula is C13H18N4O. The number of aromatic nitrogens is 4. The minimum atomic E-state index is -0.0254. The Morgan fingerprint density at radius 3 is 2.56 bits per heavy atom. The highest BCUT2D eigenvalue weighted by Crippen LogP contribution is 2.33. The maximum Gasteiger partial charge on any atom is 0.352 e. The van der Waals surface area contributed by atoms with Crippen LogP contribution in [0.5, 0.6) is 0 Å². The van der Waals surface area contributed by atoms with E-state index >= 15 is 0 Å². The Labute approximate surface area is 105 Å². The zero-order valence-corrected chi connectivity index (χ0v) is 11.1. The van der Waals surface area contributed by atoms with Crippen molar-refractivity contribution in [3.63, 3.8) is 0 Å². The number of aryl methyl sites for hydroxylation is 3. The molecule has 1 aliphatic carbocycles. The van der Waals surface area contributed by atoms with Crippen LogP contribution >= 0.6 is 0 Å². The lowest BCUT2D eigenvalue weighted by atomic mass is 10.2. The average molecular weight is 246 g/mol. The summed E-state index contributed by atoms with van der Waals surface area (Å²) in [6, 6.07) is 0.312. The fourth-order valence-corrected chi connectivity index (χ4v) is 2.41. The van der Waals surface area contributed by atoms with E-state index in [4.69, 9.17) is 0 Å². The van der Waals surface area contributed by atoms with Crippen LogP contribution in [0.4, 0.5) is 0 Å². The van der Waals surface area contributed by atoms with E-state index in [-0.39, 0.29) is 5.69 Å². The van der Waals surface area contributed by atoms with Crippen molar-refractivity contribution in [2.45, 2.75) is 52.5 Å². The maximum atomic E-state index is 12.4. The summed E-state index contributed by atoms with van der Waals surface area (Å²) < 4.78 is 3.33. The smallest absolute Gasteiger partial charge is 0.245 e. The summed E-state index contributed by atoms with van der Waals surface area (Å²) in [5, 5.41) is 4.52. The van der Waals surface area contributed by atoms with Gasteiger partial charge in [-0.25, -0.2) is 18.9 Å². The molecule has 1 fully saturated rings. The van der Waals surface area contributed by atoms with Crippen molar-refractivity contribution in [2.75, 3.05) is 0 Å². The number of fused-ring (bicyclic) bond motifs is 1. The predicted molar refractivity (Wildman–Crippen MR) is 69.0 cm³/mol. The summed E-state index contributed by atoms with van der Waals surface area (Å²) in [5.74, 6) is 0.823. The van der Waals surface area contributed by atoms with Crippen LogP contribution in [0, 0.1) is 6.92 Å². The van der Waals surface area contributed by atoms with E-state index in [1.165, 1.54) is 0 Å². The van der Waals surface area contributed by atoms with Crippen LogP contribution in [-0.4, -0.2) is 19.2 Å². The van der Waals surface area contributed by atoms with Crippen LogP contribution < -0.4 is 5.69 Å². The van der Waals surface area contributed by atoms with Gasteiger partial charge in [-0.05, 0) is 26.2 Å². The Hall–Kier alpha value is -1.65. The first-order valence-corrected chi connectivity index (χ1v) is 6.67. The molecule has 1 saturated carbocycles. The first kappa shape index (κ1) is 11.4. The van der Waals surface area contributed by atoms with E-state index in [1.807, 2.05) is 13.8 Å². The molecule has 0 saturated heterocycles. The molecule has 2 heterocycles. The van der Waals surface area contributed by atoms with E-state index < -0.39 is 0 Å². The van der Waals surface area contributed by atoms with Crippen molar-refractivity contribution in [3.8, 4) is 0 Å². The molecule has 0 atom stereocenters. The van der Waals surface area contributed by atoms with E-state index in [0.29, 0.717) is 6.04 Å². The third kappa shape index (κ3) is 1.50. The molecule has 2 aromatic heterocycles. The van der Waals surface area contributed by atoms with Crippen molar-refractivity contribution < 1.29 is 0 Å². The molecule has 0 aromatic carbocycles. The van der Waals surface area contributed by atoms with Crippen molar-refractivity contribution in [3.05, 3.63) is 27.6 Å². The number of rotatable bonds is 3. The Morgan fingerprint density at radius 1 is 1.28 bits per heavy atom. The van der Waals surface area contributed by atoms with Crippen LogP contribution in [0.25, 0.3) is 5.65 Å². The van der Waals surface area contributed by atoms with Gasteiger partial charge in [-0.2, -0.15) is 0 Å². The van der Waals surface area contributed by atoms with Gasteiger partial charge >= 0.3 is 5.69 Å². The minimum absolute atomic E-state index is 0.0254. The van der Waals surface area contributed by atoms with Crippen LogP contribution in [0.15, 0.2) is 4.79 Å². The number of hydrogen-bond acceptors (Lipinski definition) is 3. The van der Waals surface area contributed by atoms with Crippen molar-refractivity contribution in [2.24, 2.45) is 0 Å². The second-order valence-corrected chi connectivity index (χ2v) is 4.92. The van der Waals surface area contributed by atoms with Gasteiger partial charge in [0.15, 0.2) is 5.65 Å². The van der Waals surface area contributed by atoms with Crippen LogP contribution in [-0.2, 0) is 12.8 Å². The minimum Gasteiger partial charge on any atom is -0.245 e. The van der Waals surface area contributed by atoms with E-state index in [1.54, 1.807) is 9.08 Å². The van der Waals surface area contributed by atoms with Crippen molar-refractivity contribution >= 4 is 5.65 Å². The van der Waals surface area contributed by atoms with Gasteiger partial charge in [0.2, 0.25) is 0 Å². The molecule has 0 bridgehead atoms. The Morgan fingerprint density at radius 2 is 2.00 bits per heavy atom. The molecule has 96 valence electrons. The molecular weight excluding hydrogens is 228 g/mol. The Bertz CT molecular complexity index is 664. The van der Waals surface area contributed by atoms with Gasteiger partial charge in [0.1, 0.15) is 5.82 Å². The molecule has 3 rings (SSSR count). The quantitative estimate of drug-likeness (QED) is 0.827. The monoisotopic (exact) mass is 246 g/mol. The summed E-state index contributed by atoms with van der Waals surface area (Å²) >= 11 is 0. The van der Waals surface area contributed by atoms with E-state index in [2.05, 4.69) is 17.0 Å². The summed E-state index contributed by atoms with van der Waals surface area (Å²) in [6.45, 7) is 6.11. The SMILES string of the molecule is CCc1nc(CC)n2c(=O)n(C3CC3)nc2c1C. The topological polar surface area (TPSA) is 52.2 Å². The normalized spacial score (nSPS) is 15.5. The first-order valence-electron chi connectivity index (χ1n) is 6.67. The average Bonchev–Trinajstić information content (AvgIpc) is 3.15. The highest BCUT2D eigenvalue weighted by Gasteiger charge is 2.28. The lowest BCUT2D eigenvalue weighted by Crippen LogP contribution is -2.23. The summed E-state index contributed by atoms with van der Waals surface area (Å²) in [7, 11) is 0. The highest BCUT2D eigenvalue weighted by molar-refractivity contribution is 5.49. The van der Waals surface area contributed by atoms with Crippen molar-refractivity contribution in [1.82, 2.24) is 19.2 Å². The summed E-state index contributed by atoms with van der Waals surface area (Å²) in [6.07, 6.45) is 3.76. The Kier molecular flexibility index (Phi) is 2.50. The van der Waals surface area contributed by atoms with Gasteiger partial charge in [0.05, 0.1) is 6.04 Å². The molecule has 0 aliphatic heterocycles. The zero-order valence-electron chi connectivity index (χ0n) is 11.1. The first-order chi connectivity index (χ1) is 8.67. The van der Waals surface area contributed by atoms with Gasteiger partial charge in [-0.1, -0.05) is 13.8 Å². The fourth-order valence-electron chi connectivity index (χ4n) is 2.41. The zero-order chi connectivity index (χ0) is 12.9. The van der Waals surface area contributed by atoms with Crippen LogP contribution in [0.3, 0.4) is 0 Å². The number of hydrogen-bond donors (Lipinski definition) is 0. The fraction of sp³-hybridized carbons (Fsp3) is 0.615. The molecule has 0 spiro atoms. The van der Waals surface area contributed by atoms with Gasteiger partial charge < -0.3 is 0 Å². The molecule has 0 radical (unpaired) electrons. The molecule has 1 aliphatic rings. The van der Waals surface area contributed by atoms with Crippen LogP contribution in [0.1, 0.15) is 49.8 Å². The second kappa shape index (κ2) is 3.93. The molecule has 0 N–H and O–H groups in total. The van der Waals surface area contributed by atoms with Crippen LogP contribution in [0.2, 0.25) is 0 Å². The lowest BCUT2D eigenvalue weighted by Gasteiger charge is -2.07. The summed E-state index contributed by atoms with van der Waals surface area (Å²) in [5.41, 5.74) is 2.84. The third-order valence-electron chi connectivity index (χ3n) is 3.64. The number of nitrogens with zero attached hydrogens (tertiary/aromatic N) is 4. The van der Waals surface area contributed by atoms with Crippen molar-refractivity contribution in [1.29, 1.82) is 0 Å². The van der Waals surface area contributed by atoms with E-state index in [0.717, 1.165) is 48.4 Å². The van der Waals surface area contributed by atoms with Gasteiger partial charge in [0, 0.05) is 17.7 Å². The van der Waals surface area contributed by atoms with Gasteiger partial charge in [0.25, 0.3) is 0 Å². The predicted octanol–water partition coefficient (Wildman–Crippen LogP) is 1.66. The molecule has 18 heavy (non-hydrogen) atoms. The molecule has 0 unspecified atom stereocenters. The van der Waals surface area contributed by atoms with E-state index in [9.17, 15) is 4.79 Å². The second-order valence-electron chi connectivity index (χ2n) is 4.92. The largest absolute Gasteiger partial charge is 0.352 e. The Balaban J connectivity index is 2.38. The molecule has 0 amide bonds.